The van der Waals surface area contributed by atoms with E-state index in [9.17, 15) is 0 Å². The summed E-state index contributed by atoms with van der Waals surface area (Å²) in [4.78, 5) is 0. The third-order valence-corrected chi connectivity index (χ3v) is 2.82. The molecule has 0 spiro atoms. The molecule has 0 saturated carbocycles. The lowest BCUT2D eigenvalue weighted by Gasteiger charge is -2.05. The highest BCUT2D eigenvalue weighted by Crippen LogP contribution is 2.16. The van der Waals surface area contributed by atoms with Gasteiger partial charge in [0.15, 0.2) is 0 Å². The summed E-state index contributed by atoms with van der Waals surface area (Å²) in [5, 5.41) is 0. The van der Waals surface area contributed by atoms with E-state index < -0.39 is 0 Å². The third-order valence-electron chi connectivity index (χ3n) is 2.82. The van der Waals surface area contributed by atoms with Crippen molar-refractivity contribution in [3.05, 3.63) is 71.3 Å². The minimum absolute atomic E-state index is 0.596. The average molecular weight is 238 g/mol. The number of benzene rings is 2. The molecular formula is C17H18O. The Morgan fingerprint density at radius 1 is 0.944 bits per heavy atom. The topological polar surface area (TPSA) is 9.23 Å². The first kappa shape index (κ1) is 12.4. The molecule has 92 valence electrons. The van der Waals surface area contributed by atoms with Crippen LogP contribution < -0.4 is 4.74 Å². The molecule has 0 aliphatic carbocycles. The zero-order valence-electron chi connectivity index (χ0n) is 10.9. The molecule has 0 aromatic heterocycles. The third kappa shape index (κ3) is 3.49. The normalized spacial score (nSPS) is 10.8. The van der Waals surface area contributed by atoms with Crippen LogP contribution in [0.15, 0.2) is 54.6 Å². The predicted octanol–water partition coefficient (Wildman–Crippen LogP) is 4.40. The number of hydrogen-bond donors (Lipinski definition) is 0. The van der Waals surface area contributed by atoms with Crippen LogP contribution in [0.5, 0.6) is 5.75 Å². The summed E-state index contributed by atoms with van der Waals surface area (Å²) in [6.07, 6.45) is 4.12. The van der Waals surface area contributed by atoms with Crippen molar-refractivity contribution in [1.29, 1.82) is 0 Å². The smallest absolute Gasteiger partial charge is 0.122 e. The van der Waals surface area contributed by atoms with Crippen LogP contribution in [0.25, 0.3) is 6.08 Å². The zero-order chi connectivity index (χ0) is 12.8. The SMILES string of the molecule is Cc1ccc(/C=C/COc2ccccc2C)cc1. The Morgan fingerprint density at radius 2 is 1.67 bits per heavy atom. The Bertz CT molecular complexity index is 524. The second kappa shape index (κ2) is 6.06. The number of rotatable bonds is 4. The predicted molar refractivity (Wildman–Crippen MR) is 76.9 cm³/mol. The summed E-state index contributed by atoms with van der Waals surface area (Å²) in [7, 11) is 0. The molecule has 1 heteroatoms. The van der Waals surface area contributed by atoms with Crippen LogP contribution in [0.1, 0.15) is 16.7 Å². The van der Waals surface area contributed by atoms with Crippen LogP contribution in [0.3, 0.4) is 0 Å². The van der Waals surface area contributed by atoms with Gasteiger partial charge >= 0.3 is 0 Å². The van der Waals surface area contributed by atoms with E-state index in [0.29, 0.717) is 6.61 Å². The summed E-state index contributed by atoms with van der Waals surface area (Å²) >= 11 is 0. The lowest BCUT2D eigenvalue weighted by Crippen LogP contribution is -1.94. The molecule has 0 aliphatic rings. The van der Waals surface area contributed by atoms with Gasteiger partial charge in [-0.3, -0.25) is 0 Å². The molecule has 0 bridgehead atoms. The first-order chi connectivity index (χ1) is 8.75. The van der Waals surface area contributed by atoms with Crippen molar-refractivity contribution in [3.8, 4) is 5.75 Å². The summed E-state index contributed by atoms with van der Waals surface area (Å²) in [6, 6.07) is 16.5. The zero-order valence-corrected chi connectivity index (χ0v) is 10.9. The largest absolute Gasteiger partial charge is 0.489 e. The van der Waals surface area contributed by atoms with Crippen molar-refractivity contribution in [2.75, 3.05) is 6.61 Å². The summed E-state index contributed by atoms with van der Waals surface area (Å²) in [5.74, 6) is 0.950. The number of aryl methyl sites for hydroxylation is 2. The van der Waals surface area contributed by atoms with E-state index in [2.05, 4.69) is 50.3 Å². The van der Waals surface area contributed by atoms with E-state index in [1.807, 2.05) is 24.3 Å². The van der Waals surface area contributed by atoms with Crippen molar-refractivity contribution < 1.29 is 4.74 Å². The fraction of sp³-hybridized carbons (Fsp3) is 0.176. The lowest BCUT2D eigenvalue weighted by atomic mass is 10.1. The van der Waals surface area contributed by atoms with Crippen LogP contribution in [-0.4, -0.2) is 6.61 Å². The first-order valence-electron chi connectivity index (χ1n) is 6.17. The number of hydrogen-bond acceptors (Lipinski definition) is 1. The van der Waals surface area contributed by atoms with E-state index >= 15 is 0 Å². The molecule has 0 aliphatic heterocycles. The summed E-state index contributed by atoms with van der Waals surface area (Å²) in [5.41, 5.74) is 3.65. The molecule has 0 fully saturated rings. The van der Waals surface area contributed by atoms with Gasteiger partial charge < -0.3 is 4.74 Å². The van der Waals surface area contributed by atoms with Gasteiger partial charge in [0, 0.05) is 0 Å². The molecule has 0 N–H and O–H groups in total. The van der Waals surface area contributed by atoms with Crippen LogP contribution in [0.4, 0.5) is 0 Å². The molecular weight excluding hydrogens is 220 g/mol. The molecule has 2 rings (SSSR count). The first-order valence-corrected chi connectivity index (χ1v) is 6.17. The van der Waals surface area contributed by atoms with Crippen LogP contribution in [0.2, 0.25) is 0 Å². The standard InChI is InChI=1S/C17H18O/c1-14-9-11-16(12-10-14)7-5-13-18-17-8-4-3-6-15(17)2/h3-12H,13H2,1-2H3/b7-5+. The van der Waals surface area contributed by atoms with Crippen LogP contribution in [0, 0.1) is 13.8 Å². The van der Waals surface area contributed by atoms with Crippen LogP contribution in [-0.2, 0) is 0 Å². The Kier molecular flexibility index (Phi) is 4.19. The Hall–Kier alpha value is -2.02. The quantitative estimate of drug-likeness (QED) is 0.767. The maximum atomic E-state index is 5.70. The van der Waals surface area contributed by atoms with E-state index in [1.54, 1.807) is 0 Å². The van der Waals surface area contributed by atoms with E-state index in [1.165, 1.54) is 16.7 Å². The Labute approximate surface area is 109 Å². The summed E-state index contributed by atoms with van der Waals surface area (Å²) < 4.78 is 5.70. The van der Waals surface area contributed by atoms with E-state index in [-0.39, 0.29) is 0 Å². The van der Waals surface area contributed by atoms with E-state index in [0.717, 1.165) is 5.75 Å². The van der Waals surface area contributed by atoms with Gasteiger partial charge in [-0.2, -0.15) is 0 Å². The van der Waals surface area contributed by atoms with Gasteiger partial charge in [-0.25, -0.2) is 0 Å². The second-order valence-electron chi connectivity index (χ2n) is 4.39. The van der Waals surface area contributed by atoms with Gasteiger partial charge in [0.2, 0.25) is 0 Å². The fourth-order valence-corrected chi connectivity index (χ4v) is 1.72. The molecule has 0 amide bonds. The molecule has 0 saturated heterocycles. The minimum Gasteiger partial charge on any atom is -0.489 e. The highest BCUT2D eigenvalue weighted by Gasteiger charge is 1.94. The lowest BCUT2D eigenvalue weighted by molar-refractivity contribution is 0.361. The van der Waals surface area contributed by atoms with Crippen molar-refractivity contribution in [2.24, 2.45) is 0 Å². The van der Waals surface area contributed by atoms with Gasteiger partial charge in [0.05, 0.1) is 0 Å². The van der Waals surface area contributed by atoms with Gasteiger partial charge in [0.25, 0.3) is 0 Å². The maximum Gasteiger partial charge on any atom is 0.122 e. The number of ether oxygens (including phenoxy) is 1. The highest BCUT2D eigenvalue weighted by molar-refractivity contribution is 5.49. The van der Waals surface area contributed by atoms with Crippen molar-refractivity contribution in [1.82, 2.24) is 0 Å². The van der Waals surface area contributed by atoms with Gasteiger partial charge in [0.1, 0.15) is 12.4 Å². The van der Waals surface area contributed by atoms with Crippen LogP contribution >= 0.6 is 0 Å². The molecule has 18 heavy (non-hydrogen) atoms. The Morgan fingerprint density at radius 3 is 2.39 bits per heavy atom. The molecule has 2 aromatic carbocycles. The monoisotopic (exact) mass is 238 g/mol. The van der Waals surface area contributed by atoms with Crippen molar-refractivity contribution in [3.63, 3.8) is 0 Å². The van der Waals surface area contributed by atoms with Gasteiger partial charge in [-0.1, -0.05) is 54.1 Å². The summed E-state index contributed by atoms with van der Waals surface area (Å²) in [6.45, 7) is 4.74. The van der Waals surface area contributed by atoms with E-state index in [4.69, 9.17) is 4.74 Å². The van der Waals surface area contributed by atoms with Gasteiger partial charge in [-0.15, -0.1) is 0 Å². The molecule has 1 nitrogen and oxygen atoms in total. The highest BCUT2D eigenvalue weighted by atomic mass is 16.5. The second-order valence-corrected chi connectivity index (χ2v) is 4.39. The molecule has 0 atom stereocenters. The maximum absolute atomic E-state index is 5.70. The van der Waals surface area contributed by atoms with Crippen molar-refractivity contribution in [2.45, 2.75) is 13.8 Å². The molecule has 0 heterocycles. The van der Waals surface area contributed by atoms with Crippen molar-refractivity contribution >= 4 is 6.08 Å². The Balaban J connectivity index is 1.89. The molecule has 0 radical (unpaired) electrons. The minimum atomic E-state index is 0.596. The van der Waals surface area contributed by atoms with Gasteiger partial charge in [-0.05, 0) is 37.1 Å². The fourth-order valence-electron chi connectivity index (χ4n) is 1.72. The number of para-hydroxylation sites is 1. The average Bonchev–Trinajstić information content (AvgIpc) is 2.39. The molecule has 0 unspecified atom stereocenters. The molecule has 2 aromatic rings.